The molecule has 6 rings (SSSR count). The Kier molecular flexibility index (Phi) is 14.7. The molecule has 56 heavy (non-hydrogen) atoms. The zero-order valence-electron chi connectivity index (χ0n) is 31.3. The monoisotopic (exact) mass is 842 g/mol. The van der Waals surface area contributed by atoms with E-state index in [1.165, 1.54) is 37.7 Å². The van der Waals surface area contributed by atoms with Gasteiger partial charge in [-0.25, -0.2) is 0 Å². The third-order valence-corrected chi connectivity index (χ3v) is 12.3. The van der Waals surface area contributed by atoms with Crippen LogP contribution >= 0.6 is 46.7 Å². The second-order valence-electron chi connectivity index (χ2n) is 12.2. The summed E-state index contributed by atoms with van der Waals surface area (Å²) >= 11 is 15.2. The lowest BCUT2D eigenvalue weighted by Crippen LogP contribution is -2.27. The number of nitrogens with one attached hydrogen (secondary N) is 2. The van der Waals surface area contributed by atoms with Crippen molar-refractivity contribution in [1.82, 2.24) is 0 Å². The Balaban J connectivity index is 0.000000214. The van der Waals surface area contributed by atoms with Crippen molar-refractivity contribution in [2.45, 2.75) is 33.8 Å². The molecule has 0 aromatic heterocycles. The van der Waals surface area contributed by atoms with Gasteiger partial charge in [-0.15, -0.1) is 23.5 Å². The first kappa shape index (κ1) is 42.4. The molecule has 2 aliphatic heterocycles. The van der Waals surface area contributed by atoms with Gasteiger partial charge in [-0.1, -0.05) is 47.5 Å². The molecule has 16 heteroatoms. The van der Waals surface area contributed by atoms with Crippen LogP contribution in [0.2, 0.25) is 10.0 Å². The van der Waals surface area contributed by atoms with Gasteiger partial charge in [-0.05, 0) is 59.7 Å². The van der Waals surface area contributed by atoms with Gasteiger partial charge in [-0.3, -0.25) is 19.2 Å². The number of hydrogen-bond acceptors (Lipinski definition) is 12. The fourth-order valence-corrected chi connectivity index (χ4v) is 9.42. The Labute approximate surface area is 343 Å². The summed E-state index contributed by atoms with van der Waals surface area (Å²) in [4.78, 5) is 49.2. The van der Waals surface area contributed by atoms with Crippen LogP contribution in [0.3, 0.4) is 0 Å². The van der Waals surface area contributed by atoms with E-state index in [4.69, 9.17) is 51.6 Å². The molecule has 2 amide bonds. The molecule has 4 aromatic carbocycles. The van der Waals surface area contributed by atoms with Crippen molar-refractivity contribution in [2.24, 2.45) is 0 Å². The molecule has 296 valence electrons. The average molecular weight is 844 g/mol. The maximum absolute atomic E-state index is 12.7. The van der Waals surface area contributed by atoms with E-state index < -0.39 is 22.4 Å². The predicted molar refractivity (Wildman–Crippen MR) is 219 cm³/mol. The fourth-order valence-electron chi connectivity index (χ4n) is 6.22. The summed E-state index contributed by atoms with van der Waals surface area (Å²) in [5.41, 5.74) is 4.58. The Morgan fingerprint density at radius 3 is 1.30 bits per heavy atom. The SMILES string of the molecule is COC(=O)C[C@@H]1S[C@@H](c2cccc(OC)c2OC)c2cc(Cl)ccc2NC1=O.COC(=O)C[C@@H]1S[C@H](c2cccc(OC)c2OC)c2cc(Cl)ccc2NC1=O. The number of halogens is 2. The number of rotatable bonds is 10. The van der Waals surface area contributed by atoms with Gasteiger partial charge in [0.2, 0.25) is 11.8 Å². The highest BCUT2D eigenvalue weighted by molar-refractivity contribution is 8.01. The third-order valence-electron chi connectivity index (χ3n) is 8.88. The van der Waals surface area contributed by atoms with Gasteiger partial charge in [0.15, 0.2) is 23.0 Å². The highest BCUT2D eigenvalue weighted by atomic mass is 35.5. The van der Waals surface area contributed by atoms with Crippen molar-refractivity contribution >= 4 is 81.9 Å². The van der Waals surface area contributed by atoms with Gasteiger partial charge in [0, 0.05) is 32.5 Å². The van der Waals surface area contributed by atoms with Crippen LogP contribution < -0.4 is 29.6 Å². The van der Waals surface area contributed by atoms with Crippen LogP contribution in [-0.2, 0) is 28.7 Å². The molecule has 0 saturated carbocycles. The van der Waals surface area contributed by atoms with Gasteiger partial charge >= 0.3 is 11.9 Å². The number of hydrogen-bond donors (Lipinski definition) is 2. The van der Waals surface area contributed by atoms with Crippen molar-refractivity contribution in [3.8, 4) is 23.0 Å². The molecule has 0 unspecified atom stereocenters. The standard InChI is InChI=1S/2C20H20ClNO5S/c2*1-25-15-6-4-5-12(18(15)27-3)19-13-9-11(21)7-8-14(13)22-20(24)16(28-19)10-17(23)26-2/h2*4-9,16,19H,10H2,1-3H3,(H,22,24)/t16-,19+;16-,19-/m00/s1. The van der Waals surface area contributed by atoms with Crippen LogP contribution in [0.4, 0.5) is 11.4 Å². The predicted octanol–water partition coefficient (Wildman–Crippen LogP) is 8.13. The van der Waals surface area contributed by atoms with E-state index >= 15 is 0 Å². The van der Waals surface area contributed by atoms with Crippen molar-refractivity contribution in [3.05, 3.63) is 105 Å². The second-order valence-corrected chi connectivity index (χ2v) is 15.7. The summed E-state index contributed by atoms with van der Waals surface area (Å²) in [5.74, 6) is 0.876. The summed E-state index contributed by atoms with van der Waals surface area (Å²) in [5, 5.41) is 4.99. The van der Waals surface area contributed by atoms with E-state index in [0.29, 0.717) is 44.4 Å². The number of carbonyl (C=O) groups is 4. The number of benzene rings is 4. The highest BCUT2D eigenvalue weighted by Gasteiger charge is 2.37. The molecule has 0 bridgehead atoms. The lowest BCUT2D eigenvalue weighted by atomic mass is 10.0. The molecule has 0 radical (unpaired) electrons. The number of ether oxygens (including phenoxy) is 6. The molecule has 12 nitrogen and oxygen atoms in total. The molecular formula is C40H40Cl2N2O10S2. The molecule has 0 fully saturated rings. The zero-order valence-corrected chi connectivity index (χ0v) is 34.5. The van der Waals surface area contributed by atoms with E-state index in [-0.39, 0.29) is 35.2 Å². The molecule has 2 aliphatic rings. The molecular weight excluding hydrogens is 803 g/mol. The third kappa shape index (κ3) is 9.60. The smallest absolute Gasteiger partial charge is 0.307 e. The number of carbonyl (C=O) groups excluding carboxylic acids is 4. The molecule has 2 heterocycles. The number of amides is 2. The zero-order chi connectivity index (χ0) is 40.5. The minimum Gasteiger partial charge on any atom is -0.493 e. The Bertz CT molecular complexity index is 1960. The molecule has 0 spiro atoms. The lowest BCUT2D eigenvalue weighted by molar-refractivity contribution is -0.142. The van der Waals surface area contributed by atoms with Crippen LogP contribution in [0, 0.1) is 0 Å². The van der Waals surface area contributed by atoms with Gasteiger partial charge < -0.3 is 39.1 Å². The number of fused-ring (bicyclic) bond motifs is 2. The van der Waals surface area contributed by atoms with Gasteiger partial charge in [0.05, 0.1) is 76.5 Å². The Morgan fingerprint density at radius 1 is 0.571 bits per heavy atom. The average Bonchev–Trinajstić information content (AvgIpc) is 3.43. The van der Waals surface area contributed by atoms with E-state index in [9.17, 15) is 19.2 Å². The molecule has 4 aromatic rings. The topological polar surface area (TPSA) is 148 Å². The first-order valence-corrected chi connectivity index (χ1v) is 19.7. The van der Waals surface area contributed by atoms with E-state index in [2.05, 4.69) is 10.6 Å². The largest absolute Gasteiger partial charge is 0.493 e. The van der Waals surface area contributed by atoms with Crippen molar-refractivity contribution in [3.63, 3.8) is 0 Å². The van der Waals surface area contributed by atoms with Crippen molar-refractivity contribution in [1.29, 1.82) is 0 Å². The summed E-state index contributed by atoms with van der Waals surface area (Å²) in [6.45, 7) is 0. The minimum absolute atomic E-state index is 0.0441. The number of para-hydroxylation sites is 2. The Morgan fingerprint density at radius 2 is 0.964 bits per heavy atom. The number of esters is 2. The molecule has 0 aliphatic carbocycles. The summed E-state index contributed by atoms with van der Waals surface area (Å²) < 4.78 is 31.6. The second kappa shape index (κ2) is 19.4. The first-order chi connectivity index (χ1) is 27.0. The Hall–Kier alpha value is -4.76. The van der Waals surface area contributed by atoms with Crippen LogP contribution in [0.15, 0.2) is 72.8 Å². The van der Waals surface area contributed by atoms with Gasteiger partial charge in [-0.2, -0.15) is 0 Å². The number of anilines is 2. The van der Waals surface area contributed by atoms with Crippen LogP contribution in [0.25, 0.3) is 0 Å². The lowest BCUT2D eigenvalue weighted by Gasteiger charge is -2.23. The first-order valence-electron chi connectivity index (χ1n) is 17.0. The maximum atomic E-state index is 12.7. The molecule has 0 saturated heterocycles. The van der Waals surface area contributed by atoms with E-state index in [1.807, 2.05) is 36.4 Å². The number of methoxy groups -OCH3 is 6. The van der Waals surface area contributed by atoms with E-state index in [0.717, 1.165) is 22.3 Å². The maximum Gasteiger partial charge on any atom is 0.307 e. The van der Waals surface area contributed by atoms with Crippen molar-refractivity contribution in [2.75, 3.05) is 53.3 Å². The summed E-state index contributed by atoms with van der Waals surface area (Å²) in [7, 11) is 8.88. The normalized spacial score (nSPS) is 18.5. The summed E-state index contributed by atoms with van der Waals surface area (Å²) in [6, 6.07) is 21.7. The van der Waals surface area contributed by atoms with Crippen LogP contribution in [-0.4, -0.2) is 76.9 Å². The highest BCUT2D eigenvalue weighted by Crippen LogP contribution is 2.51. The van der Waals surface area contributed by atoms with Crippen LogP contribution in [0.5, 0.6) is 23.0 Å². The van der Waals surface area contributed by atoms with E-state index in [1.54, 1.807) is 64.8 Å². The molecule has 2 N–H and O–H groups in total. The summed E-state index contributed by atoms with van der Waals surface area (Å²) in [6.07, 6.45) is -0.0883. The number of thioether (sulfide) groups is 2. The minimum atomic E-state index is -0.639. The quantitative estimate of drug-likeness (QED) is 0.149. The van der Waals surface area contributed by atoms with Gasteiger partial charge in [0.25, 0.3) is 0 Å². The van der Waals surface area contributed by atoms with Gasteiger partial charge in [0.1, 0.15) is 0 Å². The molecule has 4 atom stereocenters. The van der Waals surface area contributed by atoms with Crippen LogP contribution in [0.1, 0.15) is 45.6 Å². The fraction of sp³-hybridized carbons (Fsp3) is 0.300. The van der Waals surface area contributed by atoms with Crippen molar-refractivity contribution < 1.29 is 47.6 Å².